The molecule has 0 aliphatic carbocycles. The standard InChI is InChI=1S/C17H34O4/c1-2-3-4-5-6-7-8-9-10-11-16-20-14-17(12-18,13-19)15-21-16/h16,18-19H,2-15H2,1H3. The van der Waals surface area contributed by atoms with Crippen LogP contribution in [0.15, 0.2) is 0 Å². The van der Waals surface area contributed by atoms with Gasteiger partial charge in [0.2, 0.25) is 0 Å². The summed E-state index contributed by atoms with van der Waals surface area (Å²) in [5.74, 6) is 0. The third-order valence-corrected chi connectivity index (χ3v) is 4.37. The van der Waals surface area contributed by atoms with Gasteiger partial charge in [-0.2, -0.15) is 0 Å². The number of hydrogen-bond donors (Lipinski definition) is 2. The summed E-state index contributed by atoms with van der Waals surface area (Å²) in [6, 6.07) is 0. The maximum Gasteiger partial charge on any atom is 0.157 e. The van der Waals surface area contributed by atoms with E-state index in [9.17, 15) is 10.2 Å². The summed E-state index contributed by atoms with van der Waals surface area (Å²) in [5.41, 5.74) is -0.602. The molecule has 1 aliphatic rings. The fourth-order valence-electron chi connectivity index (χ4n) is 2.65. The SMILES string of the molecule is CCCCCCCCCCCC1OCC(CO)(CO)CO1. The first kappa shape index (κ1) is 18.9. The van der Waals surface area contributed by atoms with E-state index in [1.807, 2.05) is 0 Å². The largest absolute Gasteiger partial charge is 0.396 e. The van der Waals surface area contributed by atoms with E-state index in [1.54, 1.807) is 0 Å². The van der Waals surface area contributed by atoms with Crippen LogP contribution in [-0.2, 0) is 9.47 Å². The summed E-state index contributed by atoms with van der Waals surface area (Å²) < 4.78 is 11.2. The predicted octanol–water partition coefficient (Wildman–Crippen LogP) is 3.25. The molecule has 21 heavy (non-hydrogen) atoms. The summed E-state index contributed by atoms with van der Waals surface area (Å²) in [6.45, 7) is 2.85. The highest BCUT2D eigenvalue weighted by atomic mass is 16.7. The van der Waals surface area contributed by atoms with Crippen molar-refractivity contribution in [3.05, 3.63) is 0 Å². The molecule has 126 valence electrons. The number of ether oxygens (including phenoxy) is 2. The lowest BCUT2D eigenvalue weighted by Crippen LogP contribution is -2.46. The van der Waals surface area contributed by atoms with Crippen LogP contribution in [-0.4, -0.2) is 42.9 Å². The Bertz CT molecular complexity index is 231. The molecule has 0 atom stereocenters. The van der Waals surface area contributed by atoms with Crippen LogP contribution in [0.2, 0.25) is 0 Å². The normalized spacial score (nSPS) is 19.0. The fourth-order valence-corrected chi connectivity index (χ4v) is 2.65. The van der Waals surface area contributed by atoms with E-state index in [0.29, 0.717) is 13.2 Å². The van der Waals surface area contributed by atoms with Gasteiger partial charge in [-0.25, -0.2) is 0 Å². The summed E-state index contributed by atoms with van der Waals surface area (Å²) >= 11 is 0. The Labute approximate surface area is 129 Å². The van der Waals surface area contributed by atoms with Crippen molar-refractivity contribution in [3.63, 3.8) is 0 Å². The van der Waals surface area contributed by atoms with E-state index in [0.717, 1.165) is 12.8 Å². The average Bonchev–Trinajstić information content (AvgIpc) is 2.54. The molecule has 0 bridgehead atoms. The highest BCUT2D eigenvalue weighted by Gasteiger charge is 2.35. The van der Waals surface area contributed by atoms with Crippen LogP contribution in [0.25, 0.3) is 0 Å². The lowest BCUT2D eigenvalue weighted by atomic mass is 9.91. The van der Waals surface area contributed by atoms with Crippen molar-refractivity contribution in [2.24, 2.45) is 5.41 Å². The van der Waals surface area contributed by atoms with Gasteiger partial charge in [0.05, 0.1) is 31.8 Å². The van der Waals surface area contributed by atoms with Gasteiger partial charge in [-0.15, -0.1) is 0 Å². The summed E-state index contributed by atoms with van der Waals surface area (Å²) in [6.07, 6.45) is 12.6. The van der Waals surface area contributed by atoms with E-state index in [2.05, 4.69) is 6.92 Å². The molecule has 1 aliphatic heterocycles. The Morgan fingerprint density at radius 3 is 1.76 bits per heavy atom. The molecule has 0 saturated carbocycles. The Morgan fingerprint density at radius 1 is 0.810 bits per heavy atom. The Kier molecular flexibility index (Phi) is 10.3. The topological polar surface area (TPSA) is 58.9 Å². The minimum absolute atomic E-state index is 0.0890. The zero-order valence-electron chi connectivity index (χ0n) is 13.7. The number of rotatable bonds is 12. The third kappa shape index (κ3) is 7.59. The van der Waals surface area contributed by atoms with Crippen molar-refractivity contribution in [2.75, 3.05) is 26.4 Å². The van der Waals surface area contributed by atoms with E-state index in [-0.39, 0.29) is 19.5 Å². The monoisotopic (exact) mass is 302 g/mol. The molecular weight excluding hydrogens is 268 g/mol. The first-order chi connectivity index (χ1) is 10.3. The fraction of sp³-hybridized carbons (Fsp3) is 1.00. The highest BCUT2D eigenvalue weighted by Crippen LogP contribution is 2.25. The number of hydrogen-bond acceptors (Lipinski definition) is 4. The molecule has 1 heterocycles. The Hall–Kier alpha value is -0.160. The van der Waals surface area contributed by atoms with E-state index < -0.39 is 5.41 Å². The second-order valence-electron chi connectivity index (χ2n) is 6.48. The first-order valence-electron chi connectivity index (χ1n) is 8.71. The predicted molar refractivity (Wildman–Crippen MR) is 84.1 cm³/mol. The van der Waals surface area contributed by atoms with Crippen LogP contribution in [0.1, 0.15) is 71.1 Å². The molecule has 4 heteroatoms. The van der Waals surface area contributed by atoms with Crippen LogP contribution in [0.3, 0.4) is 0 Å². The number of unbranched alkanes of at least 4 members (excludes halogenated alkanes) is 8. The molecule has 0 spiro atoms. The Morgan fingerprint density at radius 2 is 1.29 bits per heavy atom. The maximum absolute atomic E-state index is 9.26. The molecule has 0 unspecified atom stereocenters. The lowest BCUT2D eigenvalue weighted by molar-refractivity contribution is -0.245. The van der Waals surface area contributed by atoms with Gasteiger partial charge >= 0.3 is 0 Å². The summed E-state index contributed by atoms with van der Waals surface area (Å²) in [4.78, 5) is 0. The van der Waals surface area contributed by atoms with Crippen molar-refractivity contribution in [2.45, 2.75) is 77.4 Å². The summed E-state index contributed by atoms with van der Waals surface area (Å²) in [7, 11) is 0. The second-order valence-corrected chi connectivity index (χ2v) is 6.48. The molecule has 1 fully saturated rings. The highest BCUT2D eigenvalue weighted by molar-refractivity contribution is 4.80. The number of aliphatic hydroxyl groups is 2. The first-order valence-corrected chi connectivity index (χ1v) is 8.71. The van der Waals surface area contributed by atoms with Crippen LogP contribution >= 0.6 is 0 Å². The van der Waals surface area contributed by atoms with Crippen LogP contribution < -0.4 is 0 Å². The average molecular weight is 302 g/mol. The van der Waals surface area contributed by atoms with Gasteiger partial charge in [-0.05, 0) is 12.8 Å². The molecular formula is C17H34O4. The van der Waals surface area contributed by atoms with E-state index in [4.69, 9.17) is 9.47 Å². The van der Waals surface area contributed by atoms with Gasteiger partial charge in [0, 0.05) is 0 Å². The molecule has 0 aromatic heterocycles. The molecule has 0 aromatic rings. The molecule has 1 rings (SSSR count). The van der Waals surface area contributed by atoms with Crippen molar-refractivity contribution >= 4 is 0 Å². The van der Waals surface area contributed by atoms with Gasteiger partial charge in [0.25, 0.3) is 0 Å². The second kappa shape index (κ2) is 11.4. The van der Waals surface area contributed by atoms with Gasteiger partial charge in [0.15, 0.2) is 6.29 Å². The summed E-state index contributed by atoms with van der Waals surface area (Å²) in [5, 5.41) is 18.5. The van der Waals surface area contributed by atoms with Crippen molar-refractivity contribution in [1.29, 1.82) is 0 Å². The van der Waals surface area contributed by atoms with Crippen molar-refractivity contribution < 1.29 is 19.7 Å². The lowest BCUT2D eigenvalue weighted by Gasteiger charge is -2.37. The van der Waals surface area contributed by atoms with Crippen LogP contribution in [0.5, 0.6) is 0 Å². The molecule has 1 saturated heterocycles. The molecule has 0 amide bonds. The van der Waals surface area contributed by atoms with Gasteiger partial charge in [0.1, 0.15) is 0 Å². The van der Waals surface area contributed by atoms with Crippen molar-refractivity contribution in [1.82, 2.24) is 0 Å². The minimum Gasteiger partial charge on any atom is -0.396 e. The zero-order valence-corrected chi connectivity index (χ0v) is 13.7. The van der Waals surface area contributed by atoms with E-state index in [1.165, 1.54) is 51.4 Å². The van der Waals surface area contributed by atoms with E-state index >= 15 is 0 Å². The number of aliphatic hydroxyl groups excluding tert-OH is 2. The van der Waals surface area contributed by atoms with Crippen LogP contribution in [0, 0.1) is 5.41 Å². The zero-order chi connectivity index (χ0) is 15.4. The smallest absolute Gasteiger partial charge is 0.157 e. The molecule has 2 N–H and O–H groups in total. The molecule has 4 nitrogen and oxygen atoms in total. The quantitative estimate of drug-likeness (QED) is 0.543. The maximum atomic E-state index is 9.26. The third-order valence-electron chi connectivity index (χ3n) is 4.37. The minimum atomic E-state index is -0.602. The molecule has 0 radical (unpaired) electrons. The van der Waals surface area contributed by atoms with Gasteiger partial charge in [-0.1, -0.05) is 58.3 Å². The van der Waals surface area contributed by atoms with Crippen molar-refractivity contribution in [3.8, 4) is 0 Å². The van der Waals surface area contributed by atoms with Gasteiger partial charge in [-0.3, -0.25) is 0 Å². The van der Waals surface area contributed by atoms with Crippen LogP contribution in [0.4, 0.5) is 0 Å². The Balaban J connectivity index is 1.93. The van der Waals surface area contributed by atoms with Gasteiger partial charge < -0.3 is 19.7 Å². The molecule has 0 aromatic carbocycles.